The van der Waals surface area contributed by atoms with E-state index in [1.165, 1.54) is 0 Å². The summed E-state index contributed by atoms with van der Waals surface area (Å²) < 4.78 is 0. The van der Waals surface area contributed by atoms with E-state index in [0.717, 1.165) is 5.56 Å². The van der Waals surface area contributed by atoms with Crippen LogP contribution in [0.3, 0.4) is 0 Å². The standard InChI is InChI=1S/C11H15NO2/c1-7(2)8-4-3-5-9(11(8)14)10(13)6-12/h3-5,7,14H,6,12H2,1-2H3. The maximum atomic E-state index is 11.3. The van der Waals surface area contributed by atoms with Gasteiger partial charge < -0.3 is 10.8 Å². The fourth-order valence-electron chi connectivity index (χ4n) is 1.36. The number of phenols is 1. The average Bonchev–Trinajstić information content (AvgIpc) is 2.16. The number of carbonyl (C=O) groups excluding carboxylic acids is 1. The predicted molar refractivity (Wildman–Crippen MR) is 55.6 cm³/mol. The third-order valence-electron chi connectivity index (χ3n) is 2.18. The number of Topliss-reactive ketones (excluding diaryl/α,β-unsaturated/α-hetero) is 1. The summed E-state index contributed by atoms with van der Waals surface area (Å²) in [5.41, 5.74) is 6.34. The summed E-state index contributed by atoms with van der Waals surface area (Å²) in [6.07, 6.45) is 0. The number of benzene rings is 1. The number of hydrogen-bond acceptors (Lipinski definition) is 3. The van der Waals surface area contributed by atoms with Crippen LogP contribution >= 0.6 is 0 Å². The molecule has 0 aromatic heterocycles. The van der Waals surface area contributed by atoms with E-state index in [0.29, 0.717) is 5.56 Å². The van der Waals surface area contributed by atoms with Crippen LogP contribution in [0.2, 0.25) is 0 Å². The molecule has 0 bridgehead atoms. The summed E-state index contributed by atoms with van der Waals surface area (Å²) in [5, 5.41) is 9.78. The first kappa shape index (κ1) is 10.7. The van der Waals surface area contributed by atoms with E-state index in [2.05, 4.69) is 0 Å². The minimum atomic E-state index is -0.231. The zero-order valence-corrected chi connectivity index (χ0v) is 8.45. The fraction of sp³-hybridized carbons (Fsp3) is 0.364. The highest BCUT2D eigenvalue weighted by Gasteiger charge is 2.14. The first-order valence-electron chi connectivity index (χ1n) is 4.63. The average molecular weight is 193 g/mol. The van der Waals surface area contributed by atoms with Gasteiger partial charge in [0.1, 0.15) is 5.75 Å². The van der Waals surface area contributed by atoms with E-state index in [9.17, 15) is 9.90 Å². The molecule has 1 rings (SSSR count). The van der Waals surface area contributed by atoms with Crippen molar-refractivity contribution in [2.24, 2.45) is 5.73 Å². The van der Waals surface area contributed by atoms with E-state index >= 15 is 0 Å². The van der Waals surface area contributed by atoms with Crippen molar-refractivity contribution in [3.63, 3.8) is 0 Å². The van der Waals surface area contributed by atoms with Gasteiger partial charge in [-0.3, -0.25) is 4.79 Å². The minimum absolute atomic E-state index is 0.0675. The molecule has 76 valence electrons. The molecule has 14 heavy (non-hydrogen) atoms. The number of hydrogen-bond donors (Lipinski definition) is 2. The SMILES string of the molecule is CC(C)c1cccc(C(=O)CN)c1O. The van der Waals surface area contributed by atoms with Crippen molar-refractivity contribution in [3.8, 4) is 5.75 Å². The molecular weight excluding hydrogens is 178 g/mol. The van der Waals surface area contributed by atoms with Crippen molar-refractivity contribution < 1.29 is 9.90 Å². The molecule has 0 aliphatic heterocycles. The van der Waals surface area contributed by atoms with Gasteiger partial charge in [-0.1, -0.05) is 26.0 Å². The Balaban J connectivity index is 3.20. The monoisotopic (exact) mass is 193 g/mol. The lowest BCUT2D eigenvalue weighted by molar-refractivity contribution is 0.0998. The summed E-state index contributed by atoms with van der Waals surface area (Å²) in [7, 11) is 0. The van der Waals surface area contributed by atoms with Crippen LogP contribution in [0.5, 0.6) is 5.75 Å². The van der Waals surface area contributed by atoms with Crippen LogP contribution in [-0.4, -0.2) is 17.4 Å². The van der Waals surface area contributed by atoms with E-state index < -0.39 is 0 Å². The van der Waals surface area contributed by atoms with E-state index in [1.807, 2.05) is 19.9 Å². The molecule has 0 aliphatic carbocycles. The third kappa shape index (κ3) is 1.93. The first-order valence-corrected chi connectivity index (χ1v) is 4.63. The summed E-state index contributed by atoms with van der Waals surface area (Å²) in [5.74, 6) is 0.0310. The molecule has 0 unspecified atom stereocenters. The molecule has 1 aromatic carbocycles. The Hall–Kier alpha value is -1.35. The van der Waals surface area contributed by atoms with E-state index in [4.69, 9.17) is 5.73 Å². The van der Waals surface area contributed by atoms with Gasteiger partial charge in [0.2, 0.25) is 0 Å². The molecule has 0 fully saturated rings. The Morgan fingerprint density at radius 3 is 2.64 bits per heavy atom. The topological polar surface area (TPSA) is 63.3 Å². The molecule has 0 heterocycles. The van der Waals surface area contributed by atoms with Crippen LogP contribution in [-0.2, 0) is 0 Å². The van der Waals surface area contributed by atoms with Crippen LogP contribution in [0, 0.1) is 0 Å². The smallest absolute Gasteiger partial charge is 0.180 e. The number of phenolic OH excluding ortho intramolecular Hbond substituents is 1. The van der Waals surface area contributed by atoms with Crippen molar-refractivity contribution in [2.75, 3.05) is 6.54 Å². The second-order valence-electron chi connectivity index (χ2n) is 3.53. The summed E-state index contributed by atoms with van der Waals surface area (Å²) in [6, 6.07) is 5.17. The zero-order valence-electron chi connectivity index (χ0n) is 8.45. The minimum Gasteiger partial charge on any atom is -0.507 e. The number of ketones is 1. The Labute approximate surface area is 83.6 Å². The number of rotatable bonds is 3. The van der Waals surface area contributed by atoms with Gasteiger partial charge in [-0.05, 0) is 17.5 Å². The molecule has 3 nitrogen and oxygen atoms in total. The highest BCUT2D eigenvalue weighted by Crippen LogP contribution is 2.28. The van der Waals surface area contributed by atoms with Crippen molar-refractivity contribution in [2.45, 2.75) is 19.8 Å². The molecule has 0 amide bonds. The van der Waals surface area contributed by atoms with Crippen LogP contribution in [0.1, 0.15) is 35.7 Å². The van der Waals surface area contributed by atoms with Crippen LogP contribution in [0.15, 0.2) is 18.2 Å². The first-order chi connectivity index (χ1) is 6.57. The molecule has 0 atom stereocenters. The lowest BCUT2D eigenvalue weighted by Gasteiger charge is -2.10. The zero-order chi connectivity index (χ0) is 10.7. The van der Waals surface area contributed by atoms with E-state index in [-0.39, 0.29) is 24.0 Å². The molecule has 0 aliphatic rings. The number of aromatic hydroxyl groups is 1. The molecular formula is C11H15NO2. The fourth-order valence-corrected chi connectivity index (χ4v) is 1.36. The van der Waals surface area contributed by atoms with Gasteiger partial charge in [-0.2, -0.15) is 0 Å². The quantitative estimate of drug-likeness (QED) is 0.717. The van der Waals surface area contributed by atoms with Gasteiger partial charge in [-0.15, -0.1) is 0 Å². The summed E-state index contributed by atoms with van der Waals surface area (Å²) in [6.45, 7) is 3.85. The lowest BCUT2D eigenvalue weighted by atomic mass is 9.97. The highest BCUT2D eigenvalue weighted by atomic mass is 16.3. The normalized spacial score (nSPS) is 10.6. The largest absolute Gasteiger partial charge is 0.507 e. The van der Waals surface area contributed by atoms with Gasteiger partial charge in [0, 0.05) is 0 Å². The second kappa shape index (κ2) is 4.24. The molecule has 0 spiro atoms. The lowest BCUT2D eigenvalue weighted by Crippen LogP contribution is -2.14. The van der Waals surface area contributed by atoms with Gasteiger partial charge >= 0.3 is 0 Å². The summed E-state index contributed by atoms with van der Waals surface area (Å²) >= 11 is 0. The van der Waals surface area contributed by atoms with Gasteiger partial charge in [0.05, 0.1) is 12.1 Å². The molecule has 1 aromatic rings. The Morgan fingerprint density at radius 2 is 2.14 bits per heavy atom. The maximum Gasteiger partial charge on any atom is 0.180 e. The molecule has 0 saturated carbocycles. The molecule has 0 saturated heterocycles. The van der Waals surface area contributed by atoms with Crippen molar-refractivity contribution in [1.29, 1.82) is 0 Å². The Morgan fingerprint density at radius 1 is 1.50 bits per heavy atom. The van der Waals surface area contributed by atoms with Crippen molar-refractivity contribution in [1.82, 2.24) is 0 Å². The van der Waals surface area contributed by atoms with Crippen LogP contribution in [0.25, 0.3) is 0 Å². The Kier molecular flexibility index (Phi) is 3.25. The molecule has 3 heteroatoms. The molecule has 0 radical (unpaired) electrons. The molecule has 3 N–H and O–H groups in total. The van der Waals surface area contributed by atoms with Crippen molar-refractivity contribution >= 4 is 5.78 Å². The Bertz CT molecular complexity index is 345. The van der Waals surface area contributed by atoms with E-state index in [1.54, 1.807) is 12.1 Å². The van der Waals surface area contributed by atoms with Crippen LogP contribution < -0.4 is 5.73 Å². The number of nitrogens with two attached hydrogens (primary N) is 1. The summed E-state index contributed by atoms with van der Waals surface area (Å²) in [4.78, 5) is 11.3. The van der Waals surface area contributed by atoms with Gasteiger partial charge in [0.25, 0.3) is 0 Å². The number of para-hydroxylation sites is 1. The van der Waals surface area contributed by atoms with Gasteiger partial charge in [0.15, 0.2) is 5.78 Å². The third-order valence-corrected chi connectivity index (χ3v) is 2.18. The highest BCUT2D eigenvalue weighted by molar-refractivity contribution is 6.00. The predicted octanol–water partition coefficient (Wildman–Crippen LogP) is 1.66. The maximum absolute atomic E-state index is 11.3. The van der Waals surface area contributed by atoms with Crippen LogP contribution in [0.4, 0.5) is 0 Å². The second-order valence-corrected chi connectivity index (χ2v) is 3.53. The van der Waals surface area contributed by atoms with Gasteiger partial charge in [-0.25, -0.2) is 0 Å². The van der Waals surface area contributed by atoms with Crippen molar-refractivity contribution in [3.05, 3.63) is 29.3 Å². The number of carbonyl (C=O) groups is 1.